The fourth-order valence-electron chi connectivity index (χ4n) is 0.915. The van der Waals surface area contributed by atoms with Gasteiger partial charge in [-0.1, -0.05) is 0 Å². The van der Waals surface area contributed by atoms with Gasteiger partial charge in [0.15, 0.2) is 0 Å². The lowest BCUT2D eigenvalue weighted by molar-refractivity contribution is 0.0943. The van der Waals surface area contributed by atoms with Crippen molar-refractivity contribution in [2.24, 2.45) is 4.99 Å². The highest BCUT2D eigenvalue weighted by Gasteiger charge is 2.04. The number of hydrogen-bond acceptors (Lipinski definition) is 3. The Labute approximate surface area is 87.8 Å². The van der Waals surface area contributed by atoms with Gasteiger partial charge < -0.3 is 5.32 Å². The van der Waals surface area contributed by atoms with Gasteiger partial charge in [0.05, 0.1) is 5.56 Å². The lowest BCUT2D eigenvalue weighted by Gasteiger charge is -2.09. The molecule has 1 amide bonds. The van der Waals surface area contributed by atoms with Crippen molar-refractivity contribution in [3.05, 3.63) is 30.1 Å². The third-order valence-corrected chi connectivity index (χ3v) is 1.68. The predicted molar refractivity (Wildman–Crippen MR) is 57.3 cm³/mol. The number of nitrogens with one attached hydrogen (secondary N) is 3. The maximum Gasteiger partial charge on any atom is 0.271 e. The third-order valence-electron chi connectivity index (χ3n) is 1.68. The monoisotopic (exact) mass is 207 g/mol. The van der Waals surface area contributed by atoms with Crippen LogP contribution in [0.2, 0.25) is 0 Å². The van der Waals surface area contributed by atoms with E-state index in [4.69, 9.17) is 0 Å². The van der Waals surface area contributed by atoms with Crippen molar-refractivity contribution in [1.29, 1.82) is 0 Å². The number of amides is 1. The van der Waals surface area contributed by atoms with Crippen LogP contribution in [0.5, 0.6) is 0 Å². The Kier molecular flexibility index (Phi) is 4.08. The molecule has 3 N–H and O–H groups in total. The van der Waals surface area contributed by atoms with Crippen molar-refractivity contribution in [2.45, 2.75) is 0 Å². The van der Waals surface area contributed by atoms with Gasteiger partial charge in [0.25, 0.3) is 5.91 Å². The predicted octanol–water partition coefficient (Wildman–Crippen LogP) is -0.479. The molecule has 0 radical (unpaired) electrons. The number of hydrazine groups is 1. The molecule has 80 valence electrons. The van der Waals surface area contributed by atoms with Crippen LogP contribution >= 0.6 is 0 Å². The molecule has 0 spiro atoms. The number of aliphatic imine (C=N–C) groups is 1. The minimum Gasteiger partial charge on any atom is -0.358 e. The second-order valence-corrected chi connectivity index (χ2v) is 2.64. The molecule has 0 saturated heterocycles. The fourth-order valence-corrected chi connectivity index (χ4v) is 0.915. The molecular weight excluding hydrogens is 194 g/mol. The topological polar surface area (TPSA) is 78.4 Å². The summed E-state index contributed by atoms with van der Waals surface area (Å²) in [5, 5.41) is 2.77. The van der Waals surface area contributed by atoms with Crippen molar-refractivity contribution < 1.29 is 4.79 Å². The van der Waals surface area contributed by atoms with Crippen LogP contribution in [0, 0.1) is 0 Å². The molecule has 1 heterocycles. The lowest BCUT2D eigenvalue weighted by atomic mass is 10.3. The summed E-state index contributed by atoms with van der Waals surface area (Å²) in [5.41, 5.74) is 5.59. The van der Waals surface area contributed by atoms with E-state index in [1.165, 1.54) is 6.20 Å². The second kappa shape index (κ2) is 5.58. The number of guanidine groups is 1. The van der Waals surface area contributed by atoms with Gasteiger partial charge in [0.1, 0.15) is 0 Å². The van der Waals surface area contributed by atoms with Crippen LogP contribution in [-0.2, 0) is 0 Å². The van der Waals surface area contributed by atoms with Gasteiger partial charge in [-0.15, -0.1) is 0 Å². The molecule has 1 aromatic rings. The quantitative estimate of drug-likeness (QED) is 0.330. The van der Waals surface area contributed by atoms with Gasteiger partial charge in [-0.25, -0.2) is 0 Å². The summed E-state index contributed by atoms with van der Waals surface area (Å²) in [6, 6.07) is 3.37. The Morgan fingerprint density at radius 2 is 2.27 bits per heavy atom. The lowest BCUT2D eigenvalue weighted by Crippen LogP contribution is -2.46. The van der Waals surface area contributed by atoms with E-state index in [1.54, 1.807) is 32.4 Å². The number of carbonyl (C=O) groups excluding carboxylic acids is 1. The highest BCUT2D eigenvalue weighted by Crippen LogP contribution is 1.93. The SMILES string of the molecule is CN=C(NC)NNC(=O)c1cccnc1. The zero-order valence-electron chi connectivity index (χ0n) is 8.61. The summed E-state index contributed by atoms with van der Waals surface area (Å²) in [6.07, 6.45) is 3.09. The Morgan fingerprint density at radius 3 is 2.80 bits per heavy atom. The smallest absolute Gasteiger partial charge is 0.271 e. The maximum atomic E-state index is 11.5. The molecule has 0 atom stereocenters. The molecule has 0 aliphatic carbocycles. The normalized spacial score (nSPS) is 10.7. The van der Waals surface area contributed by atoms with Gasteiger partial charge >= 0.3 is 0 Å². The van der Waals surface area contributed by atoms with Gasteiger partial charge in [-0.05, 0) is 12.1 Å². The number of hydrogen-bond donors (Lipinski definition) is 3. The van der Waals surface area contributed by atoms with E-state index in [9.17, 15) is 4.79 Å². The number of pyridine rings is 1. The van der Waals surface area contributed by atoms with E-state index in [1.807, 2.05) is 0 Å². The standard InChI is InChI=1S/C9H13N5O/c1-10-9(11-2)14-13-8(15)7-4-3-5-12-6-7/h3-6H,1-2H3,(H,13,15)(H2,10,11,14). The Morgan fingerprint density at radius 1 is 1.47 bits per heavy atom. The fraction of sp³-hybridized carbons (Fsp3) is 0.222. The molecule has 1 rings (SSSR count). The first-order chi connectivity index (χ1) is 7.27. The van der Waals surface area contributed by atoms with Gasteiger partial charge in [0, 0.05) is 26.5 Å². The molecule has 6 nitrogen and oxygen atoms in total. The summed E-state index contributed by atoms with van der Waals surface area (Å²) < 4.78 is 0. The molecule has 0 aliphatic rings. The first-order valence-corrected chi connectivity index (χ1v) is 4.39. The number of rotatable bonds is 1. The van der Waals surface area contributed by atoms with Crippen molar-refractivity contribution in [2.75, 3.05) is 14.1 Å². The van der Waals surface area contributed by atoms with Gasteiger partial charge in [-0.3, -0.25) is 25.6 Å². The summed E-state index contributed by atoms with van der Waals surface area (Å²) >= 11 is 0. The van der Waals surface area contributed by atoms with E-state index in [2.05, 4.69) is 26.1 Å². The van der Waals surface area contributed by atoms with Gasteiger partial charge in [0.2, 0.25) is 5.96 Å². The van der Waals surface area contributed by atoms with Gasteiger partial charge in [-0.2, -0.15) is 0 Å². The molecule has 0 aromatic carbocycles. The largest absolute Gasteiger partial charge is 0.358 e. The summed E-state index contributed by atoms with van der Waals surface area (Å²) in [6.45, 7) is 0. The summed E-state index contributed by atoms with van der Waals surface area (Å²) in [5.74, 6) is 0.215. The third kappa shape index (κ3) is 3.26. The summed E-state index contributed by atoms with van der Waals surface area (Å²) in [7, 11) is 3.31. The van der Waals surface area contributed by atoms with Crippen molar-refractivity contribution in [3.8, 4) is 0 Å². The Bertz CT molecular complexity index is 349. The molecule has 15 heavy (non-hydrogen) atoms. The zero-order chi connectivity index (χ0) is 11.1. The van der Waals surface area contributed by atoms with E-state index in [-0.39, 0.29) is 5.91 Å². The average molecular weight is 207 g/mol. The van der Waals surface area contributed by atoms with Crippen LogP contribution < -0.4 is 16.2 Å². The Balaban J connectivity index is 2.51. The highest BCUT2D eigenvalue weighted by molar-refractivity contribution is 5.95. The van der Waals surface area contributed by atoms with Crippen molar-refractivity contribution >= 4 is 11.9 Å². The molecule has 0 saturated carbocycles. The van der Waals surface area contributed by atoms with Crippen LogP contribution in [-0.4, -0.2) is 30.9 Å². The van der Waals surface area contributed by atoms with Crippen LogP contribution in [0.15, 0.2) is 29.5 Å². The number of carbonyl (C=O) groups is 1. The molecular formula is C9H13N5O. The molecule has 1 aromatic heterocycles. The minimum absolute atomic E-state index is 0.264. The second-order valence-electron chi connectivity index (χ2n) is 2.64. The van der Waals surface area contributed by atoms with Crippen molar-refractivity contribution in [1.82, 2.24) is 21.2 Å². The Hall–Kier alpha value is -2.11. The number of nitrogens with zero attached hydrogens (tertiary/aromatic N) is 2. The number of aromatic nitrogens is 1. The average Bonchev–Trinajstić information content (AvgIpc) is 2.31. The first-order valence-electron chi connectivity index (χ1n) is 4.39. The van der Waals surface area contributed by atoms with Crippen LogP contribution in [0.25, 0.3) is 0 Å². The van der Waals surface area contributed by atoms with Crippen LogP contribution in [0.4, 0.5) is 0 Å². The summed E-state index contributed by atoms with van der Waals surface area (Å²) in [4.78, 5) is 19.2. The molecule has 6 heteroatoms. The molecule has 0 bridgehead atoms. The highest BCUT2D eigenvalue weighted by atomic mass is 16.2. The first kappa shape index (κ1) is 11.0. The molecule has 0 aliphatic heterocycles. The van der Waals surface area contributed by atoms with Crippen LogP contribution in [0.1, 0.15) is 10.4 Å². The van der Waals surface area contributed by atoms with E-state index >= 15 is 0 Å². The van der Waals surface area contributed by atoms with Crippen LogP contribution in [0.3, 0.4) is 0 Å². The van der Waals surface area contributed by atoms with E-state index in [0.29, 0.717) is 11.5 Å². The van der Waals surface area contributed by atoms with E-state index < -0.39 is 0 Å². The van der Waals surface area contributed by atoms with E-state index in [0.717, 1.165) is 0 Å². The zero-order valence-corrected chi connectivity index (χ0v) is 8.61. The maximum absolute atomic E-state index is 11.5. The molecule has 0 unspecified atom stereocenters. The molecule has 0 fully saturated rings. The van der Waals surface area contributed by atoms with Crippen molar-refractivity contribution in [3.63, 3.8) is 0 Å². The minimum atomic E-state index is -0.264.